The highest BCUT2D eigenvalue weighted by atomic mass is 32.1. The molecule has 0 spiro atoms. The fourth-order valence-corrected chi connectivity index (χ4v) is 3.66. The first-order valence-corrected chi connectivity index (χ1v) is 7.55. The van der Waals surface area contributed by atoms with Gasteiger partial charge in [0, 0.05) is 18.4 Å². The van der Waals surface area contributed by atoms with E-state index < -0.39 is 5.97 Å². The maximum atomic E-state index is 11.9. The van der Waals surface area contributed by atoms with E-state index in [4.69, 9.17) is 4.74 Å². The van der Waals surface area contributed by atoms with Gasteiger partial charge in [-0.15, -0.1) is 11.3 Å². The largest absolute Gasteiger partial charge is 0.478 e. The molecular weight excluding hydrogens is 278 g/mol. The minimum atomic E-state index is -0.954. The van der Waals surface area contributed by atoms with Crippen LogP contribution in [0.25, 0.3) is 0 Å². The summed E-state index contributed by atoms with van der Waals surface area (Å²) >= 11 is 1.40. The van der Waals surface area contributed by atoms with Crippen molar-refractivity contribution < 1.29 is 19.4 Å². The summed E-state index contributed by atoms with van der Waals surface area (Å²) in [5, 5.41) is 12.6. The van der Waals surface area contributed by atoms with Crippen molar-refractivity contribution in [3.05, 3.63) is 16.0 Å². The summed E-state index contributed by atoms with van der Waals surface area (Å²) in [5.74, 6) is -1.11. The van der Waals surface area contributed by atoms with Crippen LogP contribution in [0.3, 0.4) is 0 Å². The number of nitrogens with one attached hydrogen (secondary N) is 1. The van der Waals surface area contributed by atoms with E-state index >= 15 is 0 Å². The van der Waals surface area contributed by atoms with Gasteiger partial charge in [-0.3, -0.25) is 4.79 Å². The van der Waals surface area contributed by atoms with E-state index in [1.165, 1.54) is 11.3 Å². The van der Waals surface area contributed by atoms with E-state index in [0.29, 0.717) is 17.8 Å². The standard InChI is InChI=1S/C14H19NO4S/c1-8(19-2)6-7-11(16)15-13-12(14(17)18)9-4-3-5-10(9)20-13/h8H,3-7H2,1-2H3,(H,15,16)(H,17,18). The van der Waals surface area contributed by atoms with Crippen LogP contribution < -0.4 is 5.32 Å². The van der Waals surface area contributed by atoms with Gasteiger partial charge in [0.25, 0.3) is 0 Å². The third-order valence-corrected chi connectivity index (χ3v) is 4.78. The second-order valence-electron chi connectivity index (χ2n) is 5.00. The Bertz CT molecular complexity index is 523. The van der Waals surface area contributed by atoms with Crippen molar-refractivity contribution >= 4 is 28.2 Å². The van der Waals surface area contributed by atoms with Crippen molar-refractivity contribution in [3.8, 4) is 0 Å². The average molecular weight is 297 g/mol. The van der Waals surface area contributed by atoms with E-state index in [1.54, 1.807) is 7.11 Å². The molecule has 0 aromatic carbocycles. The number of methoxy groups -OCH3 is 1. The van der Waals surface area contributed by atoms with Crippen LogP contribution in [0.15, 0.2) is 0 Å². The fourth-order valence-electron chi connectivity index (χ4n) is 2.36. The van der Waals surface area contributed by atoms with E-state index in [9.17, 15) is 14.7 Å². The third-order valence-electron chi connectivity index (χ3n) is 3.57. The van der Waals surface area contributed by atoms with Gasteiger partial charge in [-0.25, -0.2) is 4.79 Å². The average Bonchev–Trinajstić information content (AvgIpc) is 2.95. The molecule has 20 heavy (non-hydrogen) atoms. The molecule has 110 valence electrons. The topological polar surface area (TPSA) is 75.6 Å². The van der Waals surface area contributed by atoms with Crippen LogP contribution in [0.1, 0.15) is 47.0 Å². The van der Waals surface area contributed by atoms with Gasteiger partial charge < -0.3 is 15.2 Å². The summed E-state index contributed by atoms with van der Waals surface area (Å²) in [6.07, 6.45) is 3.68. The molecule has 1 aromatic rings. The lowest BCUT2D eigenvalue weighted by Gasteiger charge is -2.09. The highest BCUT2D eigenvalue weighted by Crippen LogP contribution is 2.39. The molecule has 0 fully saturated rings. The number of rotatable bonds is 6. The minimum Gasteiger partial charge on any atom is -0.478 e. The highest BCUT2D eigenvalue weighted by Gasteiger charge is 2.27. The summed E-state index contributed by atoms with van der Waals surface area (Å²) in [6, 6.07) is 0. The molecule has 1 atom stereocenters. The molecule has 2 rings (SSSR count). The summed E-state index contributed by atoms with van der Waals surface area (Å²) < 4.78 is 5.09. The number of carbonyl (C=O) groups is 2. The monoisotopic (exact) mass is 297 g/mol. The van der Waals surface area contributed by atoms with Crippen molar-refractivity contribution in [2.24, 2.45) is 0 Å². The predicted molar refractivity (Wildman–Crippen MR) is 77.6 cm³/mol. The SMILES string of the molecule is COC(C)CCC(=O)Nc1sc2c(c1C(=O)O)CCC2. The smallest absolute Gasteiger partial charge is 0.339 e. The summed E-state index contributed by atoms with van der Waals surface area (Å²) in [4.78, 5) is 24.4. The number of ether oxygens (including phenoxy) is 1. The van der Waals surface area contributed by atoms with Crippen molar-refractivity contribution in [2.75, 3.05) is 12.4 Å². The van der Waals surface area contributed by atoms with Crippen LogP contribution in [-0.2, 0) is 22.4 Å². The zero-order valence-electron chi connectivity index (χ0n) is 11.7. The molecule has 0 saturated heterocycles. The fraction of sp³-hybridized carbons (Fsp3) is 0.571. The van der Waals surface area contributed by atoms with Gasteiger partial charge >= 0.3 is 5.97 Å². The van der Waals surface area contributed by atoms with E-state index in [0.717, 1.165) is 29.7 Å². The number of carboxylic acid groups (broad SMARTS) is 1. The molecule has 1 aliphatic carbocycles. The maximum Gasteiger partial charge on any atom is 0.339 e. The van der Waals surface area contributed by atoms with Crippen LogP contribution in [0, 0.1) is 0 Å². The molecule has 1 amide bonds. The second kappa shape index (κ2) is 6.37. The maximum absolute atomic E-state index is 11.9. The number of aryl methyl sites for hydroxylation is 1. The molecule has 1 aliphatic rings. The second-order valence-corrected chi connectivity index (χ2v) is 6.10. The van der Waals surface area contributed by atoms with E-state index in [2.05, 4.69) is 5.32 Å². The number of aromatic carboxylic acids is 1. The Morgan fingerprint density at radius 2 is 2.20 bits per heavy atom. The van der Waals surface area contributed by atoms with Crippen LogP contribution in [0.5, 0.6) is 0 Å². The molecule has 0 bridgehead atoms. The van der Waals surface area contributed by atoms with Crippen LogP contribution in [-0.4, -0.2) is 30.2 Å². The van der Waals surface area contributed by atoms with Crippen LogP contribution in [0.2, 0.25) is 0 Å². The number of hydrogen-bond acceptors (Lipinski definition) is 4. The summed E-state index contributed by atoms with van der Waals surface area (Å²) in [6.45, 7) is 1.90. The highest BCUT2D eigenvalue weighted by molar-refractivity contribution is 7.17. The number of amides is 1. The first-order chi connectivity index (χ1) is 9.52. The lowest BCUT2D eigenvalue weighted by Crippen LogP contribution is -2.16. The predicted octanol–water partition coefficient (Wildman–Crippen LogP) is 2.69. The lowest BCUT2D eigenvalue weighted by atomic mass is 10.1. The van der Waals surface area contributed by atoms with E-state index in [-0.39, 0.29) is 17.6 Å². The quantitative estimate of drug-likeness (QED) is 0.846. The number of carboxylic acids is 1. The van der Waals surface area contributed by atoms with Gasteiger partial charge in [0.15, 0.2) is 0 Å². The summed E-state index contributed by atoms with van der Waals surface area (Å²) in [7, 11) is 1.61. The van der Waals surface area contributed by atoms with Crippen LogP contribution in [0.4, 0.5) is 5.00 Å². The Kier molecular flexibility index (Phi) is 4.77. The Morgan fingerprint density at radius 3 is 2.85 bits per heavy atom. The van der Waals surface area contributed by atoms with Gasteiger partial charge in [0.1, 0.15) is 5.00 Å². The van der Waals surface area contributed by atoms with E-state index in [1.807, 2.05) is 6.92 Å². The van der Waals surface area contributed by atoms with Crippen LogP contribution >= 0.6 is 11.3 Å². The normalized spacial score (nSPS) is 14.9. The molecule has 6 heteroatoms. The van der Waals surface area contributed by atoms with Gasteiger partial charge in [-0.05, 0) is 38.2 Å². The summed E-state index contributed by atoms with van der Waals surface area (Å²) in [5.41, 5.74) is 1.19. The molecule has 1 unspecified atom stereocenters. The number of carbonyl (C=O) groups excluding carboxylic acids is 1. The number of thiophene rings is 1. The Morgan fingerprint density at radius 1 is 1.45 bits per heavy atom. The molecule has 2 N–H and O–H groups in total. The molecule has 0 saturated carbocycles. The molecule has 0 radical (unpaired) electrons. The first-order valence-electron chi connectivity index (χ1n) is 6.73. The molecular formula is C14H19NO4S. The minimum absolute atomic E-state index is 0.0213. The van der Waals surface area contributed by atoms with Crippen molar-refractivity contribution in [1.29, 1.82) is 0 Å². The van der Waals surface area contributed by atoms with Gasteiger partial charge in [0.05, 0.1) is 11.7 Å². The number of anilines is 1. The van der Waals surface area contributed by atoms with Gasteiger partial charge in [-0.1, -0.05) is 0 Å². The Labute approximate surface area is 121 Å². The number of hydrogen-bond donors (Lipinski definition) is 2. The van der Waals surface area contributed by atoms with Crippen molar-refractivity contribution in [3.63, 3.8) is 0 Å². The zero-order chi connectivity index (χ0) is 14.7. The molecule has 0 aliphatic heterocycles. The van der Waals surface area contributed by atoms with Gasteiger partial charge in [0.2, 0.25) is 5.91 Å². The first kappa shape index (κ1) is 15.0. The zero-order valence-corrected chi connectivity index (χ0v) is 12.5. The Hall–Kier alpha value is -1.40. The molecule has 1 aromatic heterocycles. The van der Waals surface area contributed by atoms with Gasteiger partial charge in [-0.2, -0.15) is 0 Å². The van der Waals surface area contributed by atoms with Crippen molar-refractivity contribution in [1.82, 2.24) is 0 Å². The number of fused-ring (bicyclic) bond motifs is 1. The third kappa shape index (κ3) is 3.19. The van der Waals surface area contributed by atoms with Crippen molar-refractivity contribution in [2.45, 2.75) is 45.1 Å². The molecule has 5 nitrogen and oxygen atoms in total. The Balaban J connectivity index is 2.06. The lowest BCUT2D eigenvalue weighted by molar-refractivity contribution is -0.116. The molecule has 1 heterocycles.